The van der Waals surface area contributed by atoms with Gasteiger partial charge in [0.05, 0.1) is 29.7 Å². The molecule has 0 spiro atoms. The highest BCUT2D eigenvalue weighted by Gasteiger charge is 2.91. The van der Waals surface area contributed by atoms with E-state index in [9.17, 15) is 21.0 Å². The Hall–Kier alpha value is -2.34. The number of halogens is 1. The van der Waals surface area contributed by atoms with E-state index >= 15 is 0 Å². The van der Waals surface area contributed by atoms with Crippen molar-refractivity contribution in [3.63, 3.8) is 0 Å². The smallest absolute Gasteiger partial charge is 0.189 e. The Kier molecular flexibility index (Phi) is 2.83. The first kappa shape index (κ1) is 13.1. The van der Waals surface area contributed by atoms with Gasteiger partial charge in [0.1, 0.15) is 0 Å². The topological polar surface area (TPSA) is 95.2 Å². The fraction of sp³-hybridized carbons (Fsp3) is 0.286. The molecule has 1 saturated carbocycles. The van der Waals surface area contributed by atoms with Crippen LogP contribution < -0.4 is 0 Å². The monoisotopic (exact) mass is 310 g/mol. The lowest BCUT2D eigenvalue weighted by Crippen LogP contribution is -2.20. The lowest BCUT2D eigenvalue weighted by Gasteiger charge is -2.14. The molecule has 5 heteroatoms. The van der Waals surface area contributed by atoms with Gasteiger partial charge in [0.2, 0.25) is 0 Å². The number of benzene rings is 1. The molecule has 1 fully saturated rings. The Bertz CT molecular complexity index is 615. The van der Waals surface area contributed by atoms with Crippen LogP contribution in [-0.4, -0.2) is 5.33 Å². The van der Waals surface area contributed by atoms with Gasteiger partial charge in [0, 0.05) is 5.33 Å². The van der Waals surface area contributed by atoms with E-state index in [0.717, 1.165) is 0 Å². The normalized spacial score (nSPS) is 20.1. The first-order valence-electron chi connectivity index (χ1n) is 5.43. The molecule has 1 aliphatic carbocycles. The van der Waals surface area contributed by atoms with Crippen LogP contribution in [0.3, 0.4) is 0 Å². The second-order valence-corrected chi connectivity index (χ2v) is 4.91. The highest BCUT2D eigenvalue weighted by atomic mass is 79.9. The van der Waals surface area contributed by atoms with Gasteiger partial charge in [-0.25, -0.2) is 0 Å². The lowest BCUT2D eigenvalue weighted by molar-refractivity contribution is 0.668. The van der Waals surface area contributed by atoms with Crippen molar-refractivity contribution in [2.75, 3.05) is 5.33 Å². The molecule has 90 valence electrons. The van der Waals surface area contributed by atoms with Crippen LogP contribution in [0.15, 0.2) is 30.3 Å². The SMILES string of the molecule is N#CC1(C#N)C(C#N)(C#N)C1(CBr)c1ccccc1. The molecule has 0 amide bonds. The predicted molar refractivity (Wildman–Crippen MR) is 69.2 cm³/mol. The molecular formula is C14H7BrN4. The number of nitrogens with zero attached hydrogens (tertiary/aromatic N) is 4. The first-order chi connectivity index (χ1) is 9.16. The molecule has 0 saturated heterocycles. The largest absolute Gasteiger partial charge is 0.196 e. The summed E-state index contributed by atoms with van der Waals surface area (Å²) < 4.78 is 0. The second-order valence-electron chi connectivity index (χ2n) is 4.35. The van der Waals surface area contributed by atoms with Crippen molar-refractivity contribution in [2.45, 2.75) is 5.41 Å². The molecule has 4 nitrogen and oxygen atoms in total. The number of hydrogen-bond donors (Lipinski definition) is 0. The molecule has 0 heterocycles. The van der Waals surface area contributed by atoms with Crippen LogP contribution >= 0.6 is 15.9 Å². The molecule has 0 N–H and O–H groups in total. The Morgan fingerprint density at radius 2 is 1.26 bits per heavy atom. The zero-order valence-electron chi connectivity index (χ0n) is 9.76. The van der Waals surface area contributed by atoms with Crippen molar-refractivity contribution >= 4 is 15.9 Å². The molecule has 2 rings (SSSR count). The van der Waals surface area contributed by atoms with Crippen molar-refractivity contribution in [3.05, 3.63) is 35.9 Å². The van der Waals surface area contributed by atoms with Gasteiger partial charge in [-0.3, -0.25) is 0 Å². The quantitative estimate of drug-likeness (QED) is 0.783. The van der Waals surface area contributed by atoms with Gasteiger partial charge in [-0.05, 0) is 5.56 Å². The standard InChI is InChI=1S/C14H7BrN4/c15-6-14(11-4-2-1-3-5-11)12(7-16,8-17)13(14,9-18)10-19/h1-5H,6H2. The van der Waals surface area contributed by atoms with Crippen molar-refractivity contribution in [3.8, 4) is 24.3 Å². The van der Waals surface area contributed by atoms with Crippen LogP contribution in [0, 0.1) is 56.2 Å². The summed E-state index contributed by atoms with van der Waals surface area (Å²) >= 11 is 3.28. The maximum atomic E-state index is 9.39. The maximum Gasteiger partial charge on any atom is 0.189 e. The molecule has 1 aromatic rings. The fourth-order valence-corrected chi connectivity index (χ4v) is 3.99. The van der Waals surface area contributed by atoms with Gasteiger partial charge >= 0.3 is 0 Å². The molecule has 0 unspecified atom stereocenters. The van der Waals surface area contributed by atoms with Gasteiger partial charge in [-0.1, -0.05) is 46.3 Å². The average molecular weight is 311 g/mol. The Balaban J connectivity index is 2.81. The van der Waals surface area contributed by atoms with E-state index in [1.54, 1.807) is 30.3 Å². The third-order valence-corrected chi connectivity index (χ3v) is 4.76. The predicted octanol–water partition coefficient (Wildman–Crippen LogP) is 2.40. The molecule has 0 aromatic heterocycles. The highest BCUT2D eigenvalue weighted by Crippen LogP contribution is 2.78. The summed E-state index contributed by atoms with van der Waals surface area (Å²) in [6, 6.07) is 16.4. The zero-order valence-corrected chi connectivity index (χ0v) is 11.3. The van der Waals surface area contributed by atoms with Gasteiger partial charge < -0.3 is 0 Å². The van der Waals surface area contributed by atoms with Gasteiger partial charge in [-0.15, -0.1) is 0 Å². The highest BCUT2D eigenvalue weighted by molar-refractivity contribution is 9.09. The Morgan fingerprint density at radius 1 is 0.842 bits per heavy atom. The third-order valence-electron chi connectivity index (χ3n) is 3.92. The molecule has 0 atom stereocenters. The zero-order chi connectivity index (χ0) is 14.1. The average Bonchev–Trinajstić information content (AvgIpc) is 3.05. The van der Waals surface area contributed by atoms with Crippen LogP contribution in [0.2, 0.25) is 0 Å². The number of nitriles is 4. The third kappa shape index (κ3) is 1.09. The number of hydrogen-bond acceptors (Lipinski definition) is 4. The minimum absolute atomic E-state index is 0.201. The van der Waals surface area contributed by atoms with E-state index in [4.69, 9.17) is 0 Å². The van der Waals surface area contributed by atoms with E-state index < -0.39 is 16.2 Å². The summed E-state index contributed by atoms with van der Waals surface area (Å²) in [6.45, 7) is 0. The summed E-state index contributed by atoms with van der Waals surface area (Å²) in [6.07, 6.45) is 0. The van der Waals surface area contributed by atoms with E-state index in [-0.39, 0.29) is 5.33 Å². The van der Waals surface area contributed by atoms with Crippen LogP contribution in [0.4, 0.5) is 0 Å². The fourth-order valence-electron chi connectivity index (χ4n) is 2.83. The lowest BCUT2D eigenvalue weighted by atomic mass is 9.88. The van der Waals surface area contributed by atoms with Crippen molar-refractivity contribution in [2.24, 2.45) is 10.8 Å². The summed E-state index contributed by atoms with van der Waals surface area (Å²) in [4.78, 5) is 0. The minimum atomic E-state index is -1.64. The Morgan fingerprint density at radius 3 is 1.58 bits per heavy atom. The van der Waals surface area contributed by atoms with Gasteiger partial charge in [-0.2, -0.15) is 21.0 Å². The molecule has 1 aromatic carbocycles. The first-order valence-corrected chi connectivity index (χ1v) is 6.55. The van der Waals surface area contributed by atoms with Crippen LogP contribution in [-0.2, 0) is 5.41 Å². The maximum absolute atomic E-state index is 9.39. The summed E-state index contributed by atoms with van der Waals surface area (Å²) in [5.74, 6) is 0. The molecule has 1 aliphatic rings. The second kappa shape index (κ2) is 4.10. The van der Waals surface area contributed by atoms with Crippen molar-refractivity contribution in [1.82, 2.24) is 0 Å². The van der Waals surface area contributed by atoms with E-state index in [2.05, 4.69) is 15.9 Å². The van der Waals surface area contributed by atoms with Gasteiger partial charge in [0.15, 0.2) is 10.8 Å². The number of alkyl halides is 1. The molecule has 0 aliphatic heterocycles. The van der Waals surface area contributed by atoms with Crippen LogP contribution in [0.5, 0.6) is 0 Å². The number of rotatable bonds is 2. The van der Waals surface area contributed by atoms with Gasteiger partial charge in [0.25, 0.3) is 0 Å². The summed E-state index contributed by atoms with van der Waals surface area (Å²) in [5.41, 5.74) is -3.75. The van der Waals surface area contributed by atoms with E-state index in [1.807, 2.05) is 24.3 Å². The molecular weight excluding hydrogens is 304 g/mol. The van der Waals surface area contributed by atoms with Crippen LogP contribution in [0.1, 0.15) is 5.56 Å². The minimum Gasteiger partial charge on any atom is -0.196 e. The van der Waals surface area contributed by atoms with E-state index in [0.29, 0.717) is 5.56 Å². The van der Waals surface area contributed by atoms with Crippen LogP contribution in [0.25, 0.3) is 0 Å². The summed E-state index contributed by atoms with van der Waals surface area (Å²) in [7, 11) is 0. The Labute approximate surface area is 119 Å². The van der Waals surface area contributed by atoms with E-state index in [1.165, 1.54) is 0 Å². The van der Waals surface area contributed by atoms with Crippen molar-refractivity contribution in [1.29, 1.82) is 21.0 Å². The molecule has 19 heavy (non-hydrogen) atoms. The molecule has 0 radical (unpaired) electrons. The molecule has 0 bridgehead atoms. The van der Waals surface area contributed by atoms with Crippen molar-refractivity contribution < 1.29 is 0 Å². The summed E-state index contributed by atoms with van der Waals surface area (Å²) in [5, 5.41) is 37.7.